The maximum atomic E-state index is 11.4. The van der Waals surface area contributed by atoms with Gasteiger partial charge in [0.1, 0.15) is 0 Å². The molecule has 0 fully saturated rings. The van der Waals surface area contributed by atoms with Crippen LogP contribution in [-0.2, 0) is 0 Å². The molecule has 0 bridgehead atoms. The summed E-state index contributed by atoms with van der Waals surface area (Å²) in [6.45, 7) is 1.90. The van der Waals surface area contributed by atoms with Crippen LogP contribution in [0.15, 0.2) is 48.5 Å². The number of benzene rings is 2. The van der Waals surface area contributed by atoms with Crippen LogP contribution < -0.4 is 0 Å². The fourth-order valence-electron chi connectivity index (χ4n) is 2.59. The third-order valence-corrected chi connectivity index (χ3v) is 3.93. The summed E-state index contributed by atoms with van der Waals surface area (Å²) >= 11 is 0. The molecule has 0 aliphatic heterocycles. The number of hydrogen-bond donors (Lipinski definition) is 3. The van der Waals surface area contributed by atoms with Crippen molar-refractivity contribution < 1.29 is 29.7 Å². The lowest BCUT2D eigenvalue weighted by atomic mass is 10.1. The summed E-state index contributed by atoms with van der Waals surface area (Å²) in [4.78, 5) is 34.1. The summed E-state index contributed by atoms with van der Waals surface area (Å²) in [5.74, 6) is -3.86. The molecule has 3 rings (SSSR count). The Morgan fingerprint density at radius 1 is 0.815 bits per heavy atom. The molecule has 1 aromatic heterocycles. The molecule has 8 heteroatoms. The molecule has 8 nitrogen and oxygen atoms in total. The van der Waals surface area contributed by atoms with Crippen LogP contribution in [0, 0.1) is 6.92 Å². The van der Waals surface area contributed by atoms with Crippen molar-refractivity contribution in [3.05, 3.63) is 70.9 Å². The number of aryl methyl sites for hydroxylation is 1. The average Bonchev–Trinajstić information content (AvgIpc) is 3.07. The van der Waals surface area contributed by atoms with E-state index in [-0.39, 0.29) is 22.5 Å². The van der Waals surface area contributed by atoms with E-state index >= 15 is 0 Å². The quantitative estimate of drug-likeness (QED) is 0.633. The van der Waals surface area contributed by atoms with Crippen molar-refractivity contribution in [2.45, 2.75) is 6.92 Å². The lowest BCUT2D eigenvalue weighted by Crippen LogP contribution is -2.08. The maximum Gasteiger partial charge on any atom is 0.356 e. The van der Waals surface area contributed by atoms with Gasteiger partial charge in [0.15, 0.2) is 5.69 Å². The van der Waals surface area contributed by atoms with Crippen molar-refractivity contribution in [1.29, 1.82) is 0 Å². The molecule has 1 heterocycles. The Bertz CT molecular complexity index is 1030. The zero-order valence-electron chi connectivity index (χ0n) is 14.1. The van der Waals surface area contributed by atoms with E-state index < -0.39 is 17.9 Å². The highest BCUT2D eigenvalue weighted by molar-refractivity contribution is 5.95. The number of aromatic carboxylic acids is 3. The van der Waals surface area contributed by atoms with Crippen LogP contribution in [0.1, 0.15) is 36.8 Å². The van der Waals surface area contributed by atoms with Crippen LogP contribution in [0.3, 0.4) is 0 Å². The average molecular weight is 366 g/mol. The molecule has 3 aromatic rings. The number of carboxylic acid groups (broad SMARTS) is 3. The molecular formula is C19H14N2O6. The largest absolute Gasteiger partial charge is 0.478 e. The normalized spacial score (nSPS) is 10.6. The fraction of sp³-hybridized carbons (Fsp3) is 0.0526. The number of aromatic nitrogens is 2. The summed E-state index contributed by atoms with van der Waals surface area (Å²) in [6.07, 6.45) is 0. The van der Waals surface area contributed by atoms with E-state index in [0.29, 0.717) is 11.3 Å². The Labute approximate surface area is 152 Å². The molecular weight excluding hydrogens is 352 g/mol. The molecule has 0 saturated carbocycles. The molecule has 27 heavy (non-hydrogen) atoms. The second-order valence-electron chi connectivity index (χ2n) is 5.88. The second-order valence-corrected chi connectivity index (χ2v) is 5.88. The highest BCUT2D eigenvalue weighted by Crippen LogP contribution is 2.26. The van der Waals surface area contributed by atoms with Crippen molar-refractivity contribution >= 4 is 17.9 Å². The molecule has 3 N–H and O–H groups in total. The third kappa shape index (κ3) is 3.54. The Kier molecular flexibility index (Phi) is 4.47. The highest BCUT2D eigenvalue weighted by atomic mass is 16.4. The maximum absolute atomic E-state index is 11.4. The van der Waals surface area contributed by atoms with Gasteiger partial charge >= 0.3 is 17.9 Å². The predicted octanol–water partition coefficient (Wildman–Crippen LogP) is 2.94. The van der Waals surface area contributed by atoms with Gasteiger partial charge in [0.05, 0.1) is 22.5 Å². The number of rotatable bonds is 5. The van der Waals surface area contributed by atoms with E-state index in [0.717, 1.165) is 11.6 Å². The fourth-order valence-corrected chi connectivity index (χ4v) is 2.59. The first-order valence-corrected chi connectivity index (χ1v) is 7.78. The topological polar surface area (TPSA) is 130 Å². The van der Waals surface area contributed by atoms with E-state index in [2.05, 4.69) is 5.10 Å². The van der Waals surface area contributed by atoms with Gasteiger partial charge in [-0.1, -0.05) is 29.8 Å². The summed E-state index contributed by atoms with van der Waals surface area (Å²) < 4.78 is 1.23. The van der Waals surface area contributed by atoms with Crippen molar-refractivity contribution in [1.82, 2.24) is 9.78 Å². The van der Waals surface area contributed by atoms with Crippen LogP contribution in [-0.4, -0.2) is 43.0 Å². The molecule has 0 aliphatic rings. The van der Waals surface area contributed by atoms with Gasteiger partial charge in [0.2, 0.25) is 0 Å². The van der Waals surface area contributed by atoms with Gasteiger partial charge in [0.25, 0.3) is 0 Å². The number of carboxylic acids is 3. The molecule has 0 saturated heterocycles. The molecule has 0 aliphatic carbocycles. The Morgan fingerprint density at radius 2 is 1.37 bits per heavy atom. The Balaban J connectivity index is 2.27. The third-order valence-electron chi connectivity index (χ3n) is 3.93. The molecule has 0 unspecified atom stereocenters. The van der Waals surface area contributed by atoms with Gasteiger partial charge < -0.3 is 15.3 Å². The van der Waals surface area contributed by atoms with E-state index in [1.54, 1.807) is 12.1 Å². The van der Waals surface area contributed by atoms with Crippen molar-refractivity contribution in [3.63, 3.8) is 0 Å². The Morgan fingerprint density at radius 3 is 1.85 bits per heavy atom. The van der Waals surface area contributed by atoms with E-state index in [9.17, 15) is 29.7 Å². The standard InChI is InChI=1S/C19H14N2O6/c1-10-2-4-11(5-3-10)16-9-15(19(26)27)20-21(16)14-7-12(17(22)23)6-13(8-14)18(24)25/h2-9H,1H3,(H,22,23)(H,24,25)(H,26,27). The number of nitrogens with zero attached hydrogens (tertiary/aromatic N) is 2. The van der Waals surface area contributed by atoms with Gasteiger partial charge in [-0.3, -0.25) is 0 Å². The summed E-state index contributed by atoms with van der Waals surface area (Å²) in [5, 5.41) is 31.8. The SMILES string of the molecule is Cc1ccc(-c2cc(C(=O)O)nn2-c2cc(C(=O)O)cc(C(=O)O)c2)cc1. The minimum atomic E-state index is -1.30. The summed E-state index contributed by atoms with van der Waals surface area (Å²) in [5.41, 5.74) is 1.45. The van der Waals surface area contributed by atoms with E-state index in [1.807, 2.05) is 19.1 Å². The first-order chi connectivity index (χ1) is 12.8. The lowest BCUT2D eigenvalue weighted by molar-refractivity contribution is 0.0677. The predicted molar refractivity (Wildman–Crippen MR) is 94.6 cm³/mol. The van der Waals surface area contributed by atoms with Gasteiger partial charge in [-0.2, -0.15) is 5.10 Å². The van der Waals surface area contributed by atoms with Crippen LogP contribution in [0.4, 0.5) is 0 Å². The van der Waals surface area contributed by atoms with Crippen molar-refractivity contribution in [2.24, 2.45) is 0 Å². The summed E-state index contributed by atoms with van der Waals surface area (Å²) in [7, 11) is 0. The van der Waals surface area contributed by atoms with E-state index in [1.165, 1.54) is 22.9 Å². The molecule has 0 amide bonds. The zero-order chi connectivity index (χ0) is 19.7. The smallest absolute Gasteiger partial charge is 0.356 e. The Hall–Kier alpha value is -3.94. The minimum Gasteiger partial charge on any atom is -0.478 e. The molecule has 136 valence electrons. The highest BCUT2D eigenvalue weighted by Gasteiger charge is 2.19. The van der Waals surface area contributed by atoms with Crippen LogP contribution in [0.2, 0.25) is 0 Å². The van der Waals surface area contributed by atoms with Crippen molar-refractivity contribution in [3.8, 4) is 16.9 Å². The summed E-state index contributed by atoms with van der Waals surface area (Å²) in [6, 6.07) is 12.1. The molecule has 0 spiro atoms. The lowest BCUT2D eigenvalue weighted by Gasteiger charge is -2.10. The number of hydrogen-bond acceptors (Lipinski definition) is 4. The first-order valence-electron chi connectivity index (χ1n) is 7.78. The van der Waals surface area contributed by atoms with Crippen molar-refractivity contribution in [2.75, 3.05) is 0 Å². The van der Waals surface area contributed by atoms with Gasteiger partial charge in [-0.15, -0.1) is 0 Å². The minimum absolute atomic E-state index is 0.135. The molecule has 2 aromatic carbocycles. The van der Waals surface area contributed by atoms with E-state index in [4.69, 9.17) is 0 Å². The second kappa shape index (κ2) is 6.75. The first kappa shape index (κ1) is 17.9. The van der Waals surface area contributed by atoms with Gasteiger partial charge in [-0.05, 0) is 31.2 Å². The molecule has 0 atom stereocenters. The van der Waals surface area contributed by atoms with Crippen LogP contribution in [0.5, 0.6) is 0 Å². The monoisotopic (exact) mass is 366 g/mol. The van der Waals surface area contributed by atoms with Crippen LogP contribution >= 0.6 is 0 Å². The van der Waals surface area contributed by atoms with Crippen LogP contribution in [0.25, 0.3) is 16.9 Å². The zero-order valence-corrected chi connectivity index (χ0v) is 14.1. The van der Waals surface area contributed by atoms with Gasteiger partial charge in [-0.25, -0.2) is 19.1 Å². The molecule has 0 radical (unpaired) electrons. The van der Waals surface area contributed by atoms with Gasteiger partial charge in [0, 0.05) is 5.56 Å². The number of carbonyl (C=O) groups is 3.